The van der Waals surface area contributed by atoms with Crippen LogP contribution in [0.4, 0.5) is 0 Å². The Labute approximate surface area is 141 Å². The summed E-state index contributed by atoms with van der Waals surface area (Å²) >= 11 is 5.93. The summed E-state index contributed by atoms with van der Waals surface area (Å²) in [6.45, 7) is 4.92. The number of benzene rings is 1. The maximum atomic E-state index is 10.8. The number of nitrogens with zero attached hydrogens (tertiary/aromatic N) is 3. The van der Waals surface area contributed by atoms with Gasteiger partial charge in [0.2, 0.25) is 0 Å². The molecule has 1 aromatic carbocycles. The van der Waals surface area contributed by atoms with Crippen molar-refractivity contribution in [2.75, 3.05) is 7.05 Å². The van der Waals surface area contributed by atoms with Crippen LogP contribution >= 0.6 is 11.6 Å². The molecule has 0 aliphatic carbocycles. The Bertz CT molecular complexity index is 659. The van der Waals surface area contributed by atoms with E-state index >= 15 is 0 Å². The van der Waals surface area contributed by atoms with E-state index in [0.717, 1.165) is 10.7 Å². The van der Waals surface area contributed by atoms with E-state index in [1.807, 2.05) is 31.3 Å². The summed E-state index contributed by atoms with van der Waals surface area (Å²) in [6.07, 6.45) is 2.80. The molecule has 6 heteroatoms. The molecule has 0 radical (unpaired) electrons. The van der Waals surface area contributed by atoms with Gasteiger partial charge in [-0.1, -0.05) is 30.7 Å². The first kappa shape index (κ1) is 17.4. The maximum Gasteiger partial charge on any atom is 0.356 e. The number of carboxylic acid groups (broad SMARTS) is 1. The average Bonchev–Trinajstić information content (AvgIpc) is 2.54. The highest BCUT2D eigenvalue weighted by Crippen LogP contribution is 2.24. The Morgan fingerprint density at radius 3 is 2.39 bits per heavy atom. The van der Waals surface area contributed by atoms with Crippen molar-refractivity contribution in [2.24, 2.45) is 0 Å². The number of carboxylic acids is 1. The van der Waals surface area contributed by atoms with Crippen LogP contribution in [0.5, 0.6) is 0 Å². The van der Waals surface area contributed by atoms with Gasteiger partial charge in [0.05, 0.1) is 18.1 Å². The van der Waals surface area contributed by atoms with Crippen molar-refractivity contribution in [1.29, 1.82) is 0 Å². The Morgan fingerprint density at radius 1 is 1.22 bits per heavy atom. The molecule has 2 aromatic rings. The van der Waals surface area contributed by atoms with Gasteiger partial charge >= 0.3 is 5.97 Å². The van der Waals surface area contributed by atoms with Crippen LogP contribution in [0.15, 0.2) is 36.7 Å². The fraction of sp³-hybridized carbons (Fsp3) is 0.353. The highest BCUT2D eigenvalue weighted by molar-refractivity contribution is 6.30. The molecule has 0 aliphatic rings. The van der Waals surface area contributed by atoms with Crippen molar-refractivity contribution in [1.82, 2.24) is 14.9 Å². The summed E-state index contributed by atoms with van der Waals surface area (Å²) in [6, 6.07) is 8.15. The van der Waals surface area contributed by atoms with Crippen LogP contribution in [0.2, 0.25) is 5.02 Å². The van der Waals surface area contributed by atoms with Gasteiger partial charge < -0.3 is 5.11 Å². The number of carbonyl (C=O) groups is 1. The topological polar surface area (TPSA) is 66.3 Å². The normalized spacial score (nSPS) is 13.8. The van der Waals surface area contributed by atoms with Gasteiger partial charge in [-0.25, -0.2) is 9.78 Å². The molecule has 0 amide bonds. The van der Waals surface area contributed by atoms with Crippen molar-refractivity contribution < 1.29 is 9.90 Å². The van der Waals surface area contributed by atoms with Crippen LogP contribution in [-0.4, -0.2) is 39.0 Å². The molecule has 1 aromatic heterocycles. The first-order valence-electron chi connectivity index (χ1n) is 7.38. The molecule has 5 nitrogen and oxygen atoms in total. The van der Waals surface area contributed by atoms with Crippen molar-refractivity contribution in [3.05, 3.63) is 58.6 Å². The van der Waals surface area contributed by atoms with Gasteiger partial charge in [-0.2, -0.15) is 0 Å². The SMILES string of the molecule is CC(c1ccc(Cl)cc1)C(C)N(C)Cc1cnc(C(=O)O)cn1. The first-order valence-corrected chi connectivity index (χ1v) is 7.76. The van der Waals surface area contributed by atoms with Gasteiger partial charge in [0.25, 0.3) is 0 Å². The molecule has 1 heterocycles. The third-order valence-electron chi connectivity index (χ3n) is 4.15. The predicted octanol–water partition coefficient (Wildman–Crippen LogP) is 3.45. The zero-order chi connectivity index (χ0) is 17.0. The van der Waals surface area contributed by atoms with E-state index in [1.54, 1.807) is 0 Å². The highest BCUT2D eigenvalue weighted by Gasteiger charge is 2.19. The quantitative estimate of drug-likeness (QED) is 0.877. The van der Waals surface area contributed by atoms with Crippen molar-refractivity contribution in [3.8, 4) is 0 Å². The van der Waals surface area contributed by atoms with Crippen LogP contribution < -0.4 is 0 Å². The molecule has 0 bridgehead atoms. The minimum absolute atomic E-state index is 0.0426. The van der Waals surface area contributed by atoms with Gasteiger partial charge in [-0.3, -0.25) is 9.88 Å². The summed E-state index contributed by atoms with van der Waals surface area (Å²) in [5, 5.41) is 9.57. The zero-order valence-electron chi connectivity index (χ0n) is 13.4. The summed E-state index contributed by atoms with van der Waals surface area (Å²) < 4.78 is 0. The van der Waals surface area contributed by atoms with Gasteiger partial charge in [-0.05, 0) is 37.6 Å². The van der Waals surface area contributed by atoms with E-state index < -0.39 is 5.97 Å². The monoisotopic (exact) mass is 333 g/mol. The minimum Gasteiger partial charge on any atom is -0.476 e. The van der Waals surface area contributed by atoms with E-state index in [1.165, 1.54) is 18.0 Å². The van der Waals surface area contributed by atoms with Crippen LogP contribution in [0.25, 0.3) is 0 Å². The number of hydrogen-bond acceptors (Lipinski definition) is 4. The molecule has 0 fully saturated rings. The molecule has 2 rings (SSSR count). The molecule has 2 atom stereocenters. The minimum atomic E-state index is -1.07. The standard InChI is InChI=1S/C17H20ClN3O2/c1-11(13-4-6-14(18)7-5-13)12(2)21(3)10-15-8-20-16(9-19-15)17(22)23/h4-9,11-12H,10H2,1-3H3,(H,22,23). The molecular formula is C17H20ClN3O2. The molecule has 0 aliphatic heterocycles. The molecule has 2 unspecified atom stereocenters. The van der Waals surface area contributed by atoms with E-state index in [9.17, 15) is 4.79 Å². The van der Waals surface area contributed by atoms with E-state index in [-0.39, 0.29) is 11.7 Å². The van der Waals surface area contributed by atoms with Crippen LogP contribution in [0, 0.1) is 0 Å². The van der Waals surface area contributed by atoms with Crippen LogP contribution in [0.3, 0.4) is 0 Å². The van der Waals surface area contributed by atoms with Crippen molar-refractivity contribution >= 4 is 17.6 Å². The lowest BCUT2D eigenvalue weighted by molar-refractivity contribution is 0.0690. The number of aromatic nitrogens is 2. The predicted molar refractivity (Wildman–Crippen MR) is 89.8 cm³/mol. The number of halogens is 1. The second-order valence-corrected chi connectivity index (χ2v) is 6.13. The van der Waals surface area contributed by atoms with Gasteiger partial charge in [0, 0.05) is 17.6 Å². The summed E-state index contributed by atoms with van der Waals surface area (Å²) in [7, 11) is 2.02. The molecule has 23 heavy (non-hydrogen) atoms. The van der Waals surface area contributed by atoms with Crippen LogP contribution in [0.1, 0.15) is 41.5 Å². The number of likely N-dealkylation sites (N-methyl/N-ethyl adjacent to an activating group) is 1. The summed E-state index contributed by atoms with van der Waals surface area (Å²) in [5.41, 5.74) is 1.92. The van der Waals surface area contributed by atoms with E-state index in [0.29, 0.717) is 12.5 Å². The van der Waals surface area contributed by atoms with Crippen molar-refractivity contribution in [3.63, 3.8) is 0 Å². The Kier molecular flexibility index (Phi) is 5.69. The molecule has 0 saturated carbocycles. The van der Waals surface area contributed by atoms with Gasteiger partial charge in [-0.15, -0.1) is 0 Å². The molecule has 1 N–H and O–H groups in total. The number of rotatable bonds is 6. The average molecular weight is 334 g/mol. The Hall–Kier alpha value is -1.98. The van der Waals surface area contributed by atoms with Crippen molar-refractivity contribution in [2.45, 2.75) is 32.4 Å². The third kappa shape index (κ3) is 4.50. The lowest BCUT2D eigenvalue weighted by Gasteiger charge is -2.30. The first-order chi connectivity index (χ1) is 10.9. The third-order valence-corrected chi connectivity index (χ3v) is 4.40. The molecule has 122 valence electrons. The number of hydrogen-bond donors (Lipinski definition) is 1. The maximum absolute atomic E-state index is 10.8. The van der Waals surface area contributed by atoms with E-state index in [4.69, 9.17) is 16.7 Å². The zero-order valence-corrected chi connectivity index (χ0v) is 14.2. The van der Waals surface area contributed by atoms with E-state index in [2.05, 4.69) is 28.7 Å². The Balaban J connectivity index is 2.02. The molecular weight excluding hydrogens is 314 g/mol. The fourth-order valence-electron chi connectivity index (χ4n) is 2.37. The second kappa shape index (κ2) is 7.53. The lowest BCUT2D eigenvalue weighted by Crippen LogP contribution is -2.33. The molecule has 0 spiro atoms. The van der Waals surface area contributed by atoms with Crippen LogP contribution in [-0.2, 0) is 6.54 Å². The summed E-state index contributed by atoms with van der Waals surface area (Å²) in [5.74, 6) is -0.745. The Morgan fingerprint density at radius 2 is 1.87 bits per heavy atom. The second-order valence-electron chi connectivity index (χ2n) is 5.69. The van der Waals surface area contributed by atoms with Gasteiger partial charge in [0.1, 0.15) is 0 Å². The number of aromatic carboxylic acids is 1. The van der Waals surface area contributed by atoms with Gasteiger partial charge in [0.15, 0.2) is 5.69 Å². The highest BCUT2D eigenvalue weighted by atomic mass is 35.5. The largest absolute Gasteiger partial charge is 0.476 e. The molecule has 0 saturated heterocycles. The smallest absolute Gasteiger partial charge is 0.356 e. The fourth-order valence-corrected chi connectivity index (χ4v) is 2.50. The lowest BCUT2D eigenvalue weighted by atomic mass is 9.93. The summed E-state index contributed by atoms with van der Waals surface area (Å²) in [4.78, 5) is 21.0.